The molecule has 0 spiro atoms. The Morgan fingerprint density at radius 2 is 1.96 bits per heavy atom. The van der Waals surface area contributed by atoms with Crippen LogP contribution in [0.3, 0.4) is 0 Å². The van der Waals surface area contributed by atoms with Gasteiger partial charge in [0.05, 0.1) is 0 Å². The second kappa shape index (κ2) is 6.59. The minimum atomic E-state index is -3.50. The Balaban J connectivity index is 0.00000192. The number of rotatable bonds is 2. The second-order valence-electron chi connectivity index (χ2n) is 5.96. The highest BCUT2D eigenvalue weighted by Gasteiger charge is 2.51. The zero-order chi connectivity index (χ0) is 16.0. The molecule has 5 nitrogen and oxygen atoms in total. The maximum atomic E-state index is 13.1. The van der Waals surface area contributed by atoms with Crippen LogP contribution in [0.2, 0.25) is 5.02 Å². The molecular weight excluding hydrogens is 359 g/mol. The predicted octanol–water partition coefficient (Wildman–Crippen LogP) is 1.82. The summed E-state index contributed by atoms with van der Waals surface area (Å²) < 4.78 is 23.5. The van der Waals surface area contributed by atoms with Gasteiger partial charge in [-0.2, -0.15) is 0 Å². The molecule has 0 unspecified atom stereocenters. The van der Waals surface area contributed by atoms with Gasteiger partial charge in [-0.15, -0.1) is 12.4 Å². The molecule has 1 fully saturated rings. The van der Waals surface area contributed by atoms with E-state index >= 15 is 0 Å². The monoisotopic (exact) mass is 378 g/mol. The standard InChI is InChI=1S/C15H19ClN2O3S.ClH/c1-22(20,21)15(6-8-17-9-7-15)14(19)18-10-5-11-12(16)3-2-4-13(11)18;/h2-4,17H,5-10H2,1H3;1H. The number of anilines is 1. The molecule has 0 bridgehead atoms. The van der Waals surface area contributed by atoms with Gasteiger partial charge < -0.3 is 10.2 Å². The summed E-state index contributed by atoms with van der Waals surface area (Å²) in [5, 5.41) is 3.76. The maximum Gasteiger partial charge on any atom is 0.248 e. The lowest BCUT2D eigenvalue weighted by molar-refractivity contribution is -0.121. The number of carbonyl (C=O) groups is 1. The number of sulfone groups is 1. The van der Waals surface area contributed by atoms with E-state index in [2.05, 4.69) is 5.32 Å². The van der Waals surface area contributed by atoms with Crippen molar-refractivity contribution in [2.24, 2.45) is 0 Å². The van der Waals surface area contributed by atoms with E-state index in [1.165, 1.54) is 6.26 Å². The van der Waals surface area contributed by atoms with E-state index < -0.39 is 14.6 Å². The lowest BCUT2D eigenvalue weighted by Crippen LogP contribution is -2.58. The van der Waals surface area contributed by atoms with Gasteiger partial charge in [-0.1, -0.05) is 17.7 Å². The van der Waals surface area contributed by atoms with Crippen LogP contribution in [-0.2, 0) is 21.1 Å². The average molecular weight is 379 g/mol. The summed E-state index contributed by atoms with van der Waals surface area (Å²) >= 11 is 6.18. The molecular formula is C15H20Cl2N2O3S. The van der Waals surface area contributed by atoms with Gasteiger partial charge in [0.2, 0.25) is 5.91 Å². The number of piperidine rings is 1. The Morgan fingerprint density at radius 3 is 2.57 bits per heavy atom. The highest BCUT2D eigenvalue weighted by molar-refractivity contribution is 7.92. The van der Waals surface area contributed by atoms with Crippen LogP contribution in [0.1, 0.15) is 18.4 Å². The van der Waals surface area contributed by atoms with Crippen molar-refractivity contribution in [2.75, 3.05) is 30.8 Å². The van der Waals surface area contributed by atoms with Crippen molar-refractivity contribution in [1.82, 2.24) is 5.32 Å². The van der Waals surface area contributed by atoms with Gasteiger partial charge in [0.1, 0.15) is 0 Å². The topological polar surface area (TPSA) is 66.5 Å². The molecule has 0 aromatic heterocycles. The van der Waals surface area contributed by atoms with Gasteiger partial charge in [-0.25, -0.2) is 8.42 Å². The number of carbonyl (C=O) groups excluding carboxylic acids is 1. The molecule has 0 saturated carbocycles. The molecule has 1 aromatic carbocycles. The first-order valence-corrected chi connectivity index (χ1v) is 9.63. The number of fused-ring (bicyclic) bond motifs is 1. The number of hydrogen-bond acceptors (Lipinski definition) is 4. The first-order chi connectivity index (χ1) is 10.4. The number of halogens is 2. The molecule has 1 amide bonds. The van der Waals surface area contributed by atoms with Crippen molar-refractivity contribution in [1.29, 1.82) is 0 Å². The first-order valence-electron chi connectivity index (χ1n) is 7.36. The van der Waals surface area contributed by atoms with Crippen LogP contribution in [0, 0.1) is 0 Å². The van der Waals surface area contributed by atoms with Crippen molar-refractivity contribution in [3.63, 3.8) is 0 Å². The highest BCUT2D eigenvalue weighted by Crippen LogP contribution is 2.38. The Bertz CT molecular complexity index is 715. The van der Waals surface area contributed by atoms with Crippen LogP contribution in [0.15, 0.2) is 18.2 Å². The van der Waals surface area contributed by atoms with Crippen LogP contribution in [0.4, 0.5) is 5.69 Å². The molecule has 23 heavy (non-hydrogen) atoms. The van der Waals surface area contributed by atoms with Crippen LogP contribution in [-0.4, -0.2) is 45.0 Å². The number of hydrogen-bond donors (Lipinski definition) is 1. The minimum absolute atomic E-state index is 0. The summed E-state index contributed by atoms with van der Waals surface area (Å²) in [4.78, 5) is 14.7. The van der Waals surface area contributed by atoms with Gasteiger partial charge in [0.25, 0.3) is 0 Å². The third-order valence-electron chi connectivity index (χ3n) is 4.73. The van der Waals surface area contributed by atoms with E-state index in [1.807, 2.05) is 6.07 Å². The van der Waals surface area contributed by atoms with Crippen molar-refractivity contribution >= 4 is 45.4 Å². The van der Waals surface area contributed by atoms with Crippen molar-refractivity contribution in [3.8, 4) is 0 Å². The predicted molar refractivity (Wildman–Crippen MR) is 94.4 cm³/mol. The van der Waals surface area contributed by atoms with E-state index in [4.69, 9.17) is 11.6 Å². The van der Waals surface area contributed by atoms with E-state index in [0.29, 0.717) is 43.9 Å². The molecule has 0 atom stereocenters. The minimum Gasteiger partial charge on any atom is -0.317 e. The number of benzene rings is 1. The summed E-state index contributed by atoms with van der Waals surface area (Å²) in [5.41, 5.74) is 1.68. The second-order valence-corrected chi connectivity index (χ2v) is 8.69. The molecule has 2 heterocycles. The molecule has 1 aromatic rings. The molecule has 0 aliphatic carbocycles. The molecule has 8 heteroatoms. The van der Waals surface area contributed by atoms with Gasteiger partial charge in [0.15, 0.2) is 14.6 Å². The fourth-order valence-electron chi connectivity index (χ4n) is 3.42. The zero-order valence-corrected chi connectivity index (χ0v) is 15.2. The van der Waals surface area contributed by atoms with E-state index in [-0.39, 0.29) is 18.3 Å². The Morgan fingerprint density at radius 1 is 1.30 bits per heavy atom. The van der Waals surface area contributed by atoms with E-state index in [1.54, 1.807) is 17.0 Å². The molecule has 3 rings (SSSR count). The van der Waals surface area contributed by atoms with E-state index in [0.717, 1.165) is 11.3 Å². The Kier molecular flexibility index (Phi) is 5.31. The van der Waals surface area contributed by atoms with Crippen LogP contribution < -0.4 is 10.2 Å². The zero-order valence-electron chi connectivity index (χ0n) is 12.8. The number of nitrogens with one attached hydrogen (secondary N) is 1. The van der Waals surface area contributed by atoms with Crippen molar-refractivity contribution < 1.29 is 13.2 Å². The summed E-state index contributed by atoms with van der Waals surface area (Å²) in [7, 11) is -3.50. The summed E-state index contributed by atoms with van der Waals surface area (Å²) in [6.07, 6.45) is 2.47. The summed E-state index contributed by atoms with van der Waals surface area (Å²) in [5.74, 6) is -0.308. The summed E-state index contributed by atoms with van der Waals surface area (Å²) in [6, 6.07) is 5.43. The van der Waals surface area contributed by atoms with Crippen molar-refractivity contribution in [3.05, 3.63) is 28.8 Å². The highest BCUT2D eigenvalue weighted by atomic mass is 35.5. The Hall–Kier alpha value is -0.820. The molecule has 2 aliphatic heterocycles. The van der Waals surface area contributed by atoms with Gasteiger partial charge >= 0.3 is 0 Å². The summed E-state index contributed by atoms with van der Waals surface area (Å²) in [6.45, 7) is 1.56. The fraction of sp³-hybridized carbons (Fsp3) is 0.533. The third-order valence-corrected chi connectivity index (χ3v) is 7.08. The lowest BCUT2D eigenvalue weighted by atomic mass is 9.95. The van der Waals surface area contributed by atoms with Gasteiger partial charge in [-0.3, -0.25) is 4.79 Å². The molecule has 128 valence electrons. The smallest absolute Gasteiger partial charge is 0.248 e. The molecule has 0 radical (unpaired) electrons. The number of nitrogens with zero attached hydrogens (tertiary/aromatic N) is 1. The quantitative estimate of drug-likeness (QED) is 0.851. The first kappa shape index (κ1) is 18.5. The SMILES string of the molecule is CS(=O)(=O)C1(C(=O)N2CCc3c(Cl)cccc32)CCNCC1.Cl. The number of amides is 1. The lowest BCUT2D eigenvalue weighted by Gasteiger charge is -2.37. The third kappa shape index (κ3) is 2.97. The van der Waals surface area contributed by atoms with Crippen molar-refractivity contribution in [2.45, 2.75) is 24.0 Å². The maximum absolute atomic E-state index is 13.1. The molecule has 1 saturated heterocycles. The molecule has 1 N–H and O–H groups in total. The van der Waals surface area contributed by atoms with Crippen LogP contribution in [0.5, 0.6) is 0 Å². The van der Waals surface area contributed by atoms with Gasteiger partial charge in [0, 0.05) is 23.5 Å². The van der Waals surface area contributed by atoms with Crippen LogP contribution >= 0.6 is 24.0 Å². The normalized spacial score (nSPS) is 19.8. The molecule has 2 aliphatic rings. The average Bonchev–Trinajstić information content (AvgIpc) is 2.91. The van der Waals surface area contributed by atoms with E-state index in [9.17, 15) is 13.2 Å². The van der Waals surface area contributed by atoms with Gasteiger partial charge in [-0.05, 0) is 50.0 Å². The van der Waals surface area contributed by atoms with Crippen LogP contribution in [0.25, 0.3) is 0 Å². The fourth-order valence-corrected chi connectivity index (χ4v) is 5.06. The largest absolute Gasteiger partial charge is 0.317 e. The Labute approximate surface area is 147 Å².